The Morgan fingerprint density at radius 1 is 1.40 bits per heavy atom. The van der Waals surface area contributed by atoms with Crippen molar-refractivity contribution < 1.29 is 9.53 Å². The number of rotatable bonds is 4. The van der Waals surface area contributed by atoms with Crippen LogP contribution in [0.25, 0.3) is 0 Å². The molecule has 0 spiro atoms. The van der Waals surface area contributed by atoms with Crippen molar-refractivity contribution in [2.75, 3.05) is 12.4 Å². The molecular weight excluding hydrogens is 274 g/mol. The zero-order valence-corrected chi connectivity index (χ0v) is 12.5. The van der Waals surface area contributed by atoms with Gasteiger partial charge in [0, 0.05) is 11.4 Å². The maximum atomic E-state index is 12.2. The molecule has 0 heterocycles. The largest absolute Gasteiger partial charge is 0.495 e. The van der Waals surface area contributed by atoms with E-state index in [1.165, 1.54) is 25.7 Å². The topological polar surface area (TPSA) is 38.3 Å². The first-order valence-corrected chi connectivity index (χ1v) is 7.67. The lowest BCUT2D eigenvalue weighted by Crippen LogP contribution is -2.20. The zero-order valence-electron chi connectivity index (χ0n) is 11.7. The molecule has 1 aromatic carbocycles. The average molecular weight is 294 g/mol. The number of ether oxygens (including phenoxy) is 1. The summed E-state index contributed by atoms with van der Waals surface area (Å²) in [6.07, 6.45) is 5.86. The van der Waals surface area contributed by atoms with Gasteiger partial charge in [0.2, 0.25) is 5.91 Å². The number of fused-ring (bicyclic) bond motifs is 2. The van der Waals surface area contributed by atoms with Crippen LogP contribution in [0, 0.1) is 17.8 Å². The number of amides is 1. The van der Waals surface area contributed by atoms with Crippen LogP contribution in [0.15, 0.2) is 18.2 Å². The minimum Gasteiger partial charge on any atom is -0.495 e. The lowest BCUT2D eigenvalue weighted by atomic mass is 9.86. The fourth-order valence-electron chi connectivity index (χ4n) is 3.84. The Bertz CT molecular complexity index is 517. The smallest absolute Gasteiger partial charge is 0.224 e. The summed E-state index contributed by atoms with van der Waals surface area (Å²) >= 11 is 5.97. The lowest BCUT2D eigenvalue weighted by molar-refractivity contribution is -0.117. The number of carbonyl (C=O) groups is 1. The predicted molar refractivity (Wildman–Crippen MR) is 80.2 cm³/mol. The van der Waals surface area contributed by atoms with Crippen LogP contribution < -0.4 is 10.1 Å². The van der Waals surface area contributed by atoms with E-state index in [0.717, 1.165) is 11.8 Å². The van der Waals surface area contributed by atoms with E-state index in [4.69, 9.17) is 16.3 Å². The van der Waals surface area contributed by atoms with E-state index in [1.807, 2.05) is 0 Å². The molecule has 20 heavy (non-hydrogen) atoms. The van der Waals surface area contributed by atoms with Crippen molar-refractivity contribution in [3.05, 3.63) is 23.2 Å². The van der Waals surface area contributed by atoms with E-state index in [9.17, 15) is 4.79 Å². The zero-order chi connectivity index (χ0) is 14.1. The van der Waals surface area contributed by atoms with Gasteiger partial charge in [0.15, 0.2) is 0 Å². The molecule has 2 aliphatic carbocycles. The number of hydrogen-bond acceptors (Lipinski definition) is 2. The standard InChI is InChI=1S/C16H20ClNO2/c1-20-15-5-4-13(17)9-14(15)18-16(19)8-12-7-10-2-3-11(12)6-10/h4-5,9-12H,2-3,6-8H2,1H3,(H,18,19)/t10-,11-,12+/m1/s1. The minimum absolute atomic E-state index is 0.0723. The molecule has 4 heteroatoms. The van der Waals surface area contributed by atoms with Crippen molar-refractivity contribution in [3.63, 3.8) is 0 Å². The summed E-state index contributed by atoms with van der Waals surface area (Å²) in [5.74, 6) is 2.93. The molecule has 1 amide bonds. The van der Waals surface area contributed by atoms with Crippen LogP contribution in [0.3, 0.4) is 0 Å². The average Bonchev–Trinajstić information content (AvgIpc) is 3.01. The summed E-state index contributed by atoms with van der Waals surface area (Å²) in [6.45, 7) is 0. The summed E-state index contributed by atoms with van der Waals surface area (Å²) in [6, 6.07) is 5.26. The Labute approximate surface area is 124 Å². The third-order valence-corrected chi connectivity index (χ3v) is 5.00. The number of halogens is 1. The van der Waals surface area contributed by atoms with Crippen molar-refractivity contribution in [3.8, 4) is 5.75 Å². The van der Waals surface area contributed by atoms with Gasteiger partial charge in [-0.15, -0.1) is 0 Å². The molecule has 2 bridgehead atoms. The summed E-state index contributed by atoms with van der Waals surface area (Å²) < 4.78 is 5.25. The van der Waals surface area contributed by atoms with Crippen LogP contribution in [0.2, 0.25) is 5.02 Å². The van der Waals surface area contributed by atoms with Gasteiger partial charge in [-0.1, -0.05) is 18.0 Å². The van der Waals surface area contributed by atoms with Gasteiger partial charge >= 0.3 is 0 Å². The molecule has 0 unspecified atom stereocenters. The van der Waals surface area contributed by atoms with E-state index in [-0.39, 0.29) is 5.91 Å². The molecule has 3 nitrogen and oxygen atoms in total. The Kier molecular flexibility index (Phi) is 3.88. The molecule has 1 N–H and O–H groups in total. The number of carbonyl (C=O) groups excluding carboxylic acids is 1. The first kappa shape index (κ1) is 13.7. The summed E-state index contributed by atoms with van der Waals surface area (Å²) in [5, 5.41) is 3.54. The van der Waals surface area contributed by atoms with Gasteiger partial charge in [-0.2, -0.15) is 0 Å². The van der Waals surface area contributed by atoms with E-state index in [2.05, 4.69) is 5.32 Å². The molecular formula is C16H20ClNO2. The first-order chi connectivity index (χ1) is 9.65. The molecule has 2 aliphatic rings. The quantitative estimate of drug-likeness (QED) is 0.907. The summed E-state index contributed by atoms with van der Waals surface area (Å²) in [5.41, 5.74) is 0.660. The Morgan fingerprint density at radius 2 is 2.25 bits per heavy atom. The molecule has 0 radical (unpaired) electrons. The van der Waals surface area contributed by atoms with Crippen molar-refractivity contribution in [2.45, 2.75) is 32.1 Å². The van der Waals surface area contributed by atoms with Gasteiger partial charge in [-0.3, -0.25) is 4.79 Å². The van der Waals surface area contributed by atoms with Gasteiger partial charge in [-0.25, -0.2) is 0 Å². The third-order valence-electron chi connectivity index (χ3n) is 4.77. The van der Waals surface area contributed by atoms with E-state index in [0.29, 0.717) is 28.8 Å². The van der Waals surface area contributed by atoms with Crippen LogP contribution in [0.4, 0.5) is 5.69 Å². The molecule has 2 saturated carbocycles. The highest BCUT2D eigenvalue weighted by molar-refractivity contribution is 6.31. The second-order valence-corrected chi connectivity index (χ2v) is 6.47. The molecule has 3 rings (SSSR count). The Balaban J connectivity index is 1.63. The monoisotopic (exact) mass is 293 g/mol. The van der Waals surface area contributed by atoms with Gasteiger partial charge < -0.3 is 10.1 Å². The van der Waals surface area contributed by atoms with Gasteiger partial charge in [0.25, 0.3) is 0 Å². The molecule has 2 fully saturated rings. The SMILES string of the molecule is COc1ccc(Cl)cc1NC(=O)C[C@@H]1C[C@@H]2CC[C@@H]1C2. The molecule has 1 aromatic rings. The van der Waals surface area contributed by atoms with Gasteiger partial charge in [-0.05, 0) is 55.2 Å². The van der Waals surface area contributed by atoms with Crippen LogP contribution in [0.1, 0.15) is 32.1 Å². The molecule has 108 valence electrons. The normalized spacial score (nSPS) is 27.6. The second kappa shape index (κ2) is 5.65. The number of anilines is 1. The summed E-state index contributed by atoms with van der Waals surface area (Å²) in [7, 11) is 1.59. The predicted octanol–water partition coefficient (Wildman–Crippen LogP) is 4.11. The second-order valence-electron chi connectivity index (χ2n) is 6.03. The maximum absolute atomic E-state index is 12.2. The van der Waals surface area contributed by atoms with Crippen LogP contribution >= 0.6 is 11.6 Å². The maximum Gasteiger partial charge on any atom is 0.224 e. The van der Waals surface area contributed by atoms with Crippen LogP contribution in [-0.2, 0) is 4.79 Å². The van der Waals surface area contributed by atoms with E-state index in [1.54, 1.807) is 25.3 Å². The number of hydrogen-bond donors (Lipinski definition) is 1. The number of methoxy groups -OCH3 is 1. The molecule has 3 atom stereocenters. The van der Waals surface area contributed by atoms with Crippen molar-refractivity contribution >= 4 is 23.2 Å². The van der Waals surface area contributed by atoms with Crippen LogP contribution in [-0.4, -0.2) is 13.0 Å². The van der Waals surface area contributed by atoms with E-state index < -0.39 is 0 Å². The van der Waals surface area contributed by atoms with Gasteiger partial charge in [0.05, 0.1) is 12.8 Å². The van der Waals surface area contributed by atoms with E-state index >= 15 is 0 Å². The van der Waals surface area contributed by atoms with Crippen LogP contribution in [0.5, 0.6) is 5.75 Å². The molecule has 0 aliphatic heterocycles. The fourth-order valence-corrected chi connectivity index (χ4v) is 4.02. The fraction of sp³-hybridized carbons (Fsp3) is 0.562. The third kappa shape index (κ3) is 2.78. The Hall–Kier alpha value is -1.22. The molecule has 0 aromatic heterocycles. The van der Waals surface area contributed by atoms with Crippen molar-refractivity contribution in [1.82, 2.24) is 0 Å². The highest BCUT2D eigenvalue weighted by atomic mass is 35.5. The Morgan fingerprint density at radius 3 is 2.90 bits per heavy atom. The highest BCUT2D eigenvalue weighted by Gasteiger charge is 2.40. The number of nitrogens with one attached hydrogen (secondary N) is 1. The lowest BCUT2D eigenvalue weighted by Gasteiger charge is -2.21. The highest BCUT2D eigenvalue weighted by Crippen LogP contribution is 2.49. The van der Waals surface area contributed by atoms with Crippen molar-refractivity contribution in [2.24, 2.45) is 17.8 Å². The molecule has 0 saturated heterocycles. The first-order valence-electron chi connectivity index (χ1n) is 7.29. The van der Waals surface area contributed by atoms with Crippen molar-refractivity contribution in [1.29, 1.82) is 0 Å². The minimum atomic E-state index is 0.0723. The number of benzene rings is 1. The summed E-state index contributed by atoms with van der Waals surface area (Å²) in [4.78, 5) is 12.2. The van der Waals surface area contributed by atoms with Gasteiger partial charge in [0.1, 0.15) is 5.75 Å².